The van der Waals surface area contributed by atoms with Crippen LogP contribution < -0.4 is 11.1 Å². The lowest BCUT2D eigenvalue weighted by molar-refractivity contribution is 0.137. The van der Waals surface area contributed by atoms with E-state index < -0.39 is 23.8 Å². The first-order valence-corrected chi connectivity index (χ1v) is 8.16. The fourth-order valence-corrected chi connectivity index (χ4v) is 2.73. The van der Waals surface area contributed by atoms with Gasteiger partial charge in [-0.15, -0.1) is 0 Å². The molecule has 0 radical (unpaired) electrons. The molecule has 0 aliphatic heterocycles. The average Bonchev–Trinajstić information content (AvgIpc) is 2.55. The van der Waals surface area contributed by atoms with E-state index in [0.717, 1.165) is 18.1 Å². The van der Waals surface area contributed by atoms with Crippen LogP contribution >= 0.6 is 0 Å². The SMILES string of the molecule is CCC(NC[C@@H](O)[C@@H](N)Cc1cc(F)cc(F)c1)c1ccccc1. The van der Waals surface area contributed by atoms with E-state index >= 15 is 0 Å². The summed E-state index contributed by atoms with van der Waals surface area (Å²) in [5.74, 6) is -1.28. The third-order valence-electron chi connectivity index (χ3n) is 4.07. The van der Waals surface area contributed by atoms with Crippen LogP contribution in [0, 0.1) is 11.6 Å². The Hall–Kier alpha value is -1.82. The summed E-state index contributed by atoms with van der Waals surface area (Å²) in [7, 11) is 0. The fraction of sp³-hybridized carbons (Fsp3) is 0.368. The van der Waals surface area contributed by atoms with Crippen LogP contribution in [0.25, 0.3) is 0 Å². The van der Waals surface area contributed by atoms with Gasteiger partial charge >= 0.3 is 0 Å². The molecule has 4 N–H and O–H groups in total. The molecule has 0 heterocycles. The molecule has 1 unspecified atom stereocenters. The van der Waals surface area contributed by atoms with Crippen molar-refractivity contribution >= 4 is 0 Å². The number of halogens is 2. The van der Waals surface area contributed by atoms with Gasteiger partial charge in [-0.3, -0.25) is 0 Å². The van der Waals surface area contributed by atoms with Gasteiger partial charge in [-0.2, -0.15) is 0 Å². The Morgan fingerprint density at radius 2 is 1.71 bits per heavy atom. The highest BCUT2D eigenvalue weighted by atomic mass is 19.1. The van der Waals surface area contributed by atoms with Crippen LogP contribution in [0.4, 0.5) is 8.78 Å². The zero-order chi connectivity index (χ0) is 17.5. The second-order valence-electron chi connectivity index (χ2n) is 5.99. The maximum absolute atomic E-state index is 13.2. The lowest BCUT2D eigenvalue weighted by Crippen LogP contribution is -2.43. The molecule has 0 spiro atoms. The molecule has 0 amide bonds. The third-order valence-corrected chi connectivity index (χ3v) is 4.07. The van der Waals surface area contributed by atoms with Crippen LogP contribution in [-0.2, 0) is 6.42 Å². The minimum Gasteiger partial charge on any atom is -0.390 e. The highest BCUT2D eigenvalue weighted by molar-refractivity contribution is 5.20. The van der Waals surface area contributed by atoms with Gasteiger partial charge in [0, 0.05) is 24.7 Å². The number of benzene rings is 2. The van der Waals surface area contributed by atoms with Crippen molar-refractivity contribution < 1.29 is 13.9 Å². The first kappa shape index (κ1) is 18.5. The summed E-state index contributed by atoms with van der Waals surface area (Å²) in [6, 6.07) is 12.8. The number of aliphatic hydroxyl groups excluding tert-OH is 1. The summed E-state index contributed by atoms with van der Waals surface area (Å²) in [6.45, 7) is 2.37. The lowest BCUT2D eigenvalue weighted by Gasteiger charge is -2.23. The van der Waals surface area contributed by atoms with Gasteiger partial charge in [-0.25, -0.2) is 8.78 Å². The van der Waals surface area contributed by atoms with Crippen molar-refractivity contribution in [3.05, 3.63) is 71.3 Å². The molecule has 0 aromatic heterocycles. The van der Waals surface area contributed by atoms with Gasteiger partial charge in [0.25, 0.3) is 0 Å². The van der Waals surface area contributed by atoms with E-state index in [1.807, 2.05) is 30.3 Å². The van der Waals surface area contributed by atoms with Gasteiger partial charge < -0.3 is 16.2 Å². The molecule has 3 atom stereocenters. The molecule has 2 aromatic carbocycles. The summed E-state index contributed by atoms with van der Waals surface area (Å²) in [5, 5.41) is 13.5. The Labute approximate surface area is 141 Å². The van der Waals surface area contributed by atoms with Crippen molar-refractivity contribution in [2.75, 3.05) is 6.54 Å². The van der Waals surface area contributed by atoms with Crippen molar-refractivity contribution in [1.82, 2.24) is 5.32 Å². The fourth-order valence-electron chi connectivity index (χ4n) is 2.73. The molecular formula is C19H24F2N2O. The Morgan fingerprint density at radius 1 is 1.08 bits per heavy atom. The summed E-state index contributed by atoms with van der Waals surface area (Å²) >= 11 is 0. The second kappa shape index (κ2) is 8.87. The number of hydrogen-bond donors (Lipinski definition) is 3. The van der Waals surface area contributed by atoms with Crippen molar-refractivity contribution in [2.24, 2.45) is 5.73 Å². The minimum atomic E-state index is -0.811. The van der Waals surface area contributed by atoms with E-state index in [9.17, 15) is 13.9 Å². The van der Waals surface area contributed by atoms with Crippen molar-refractivity contribution in [2.45, 2.75) is 38.0 Å². The average molecular weight is 334 g/mol. The summed E-state index contributed by atoms with van der Waals surface area (Å²) in [4.78, 5) is 0. The molecule has 0 saturated carbocycles. The van der Waals surface area contributed by atoms with Crippen LogP contribution in [0.15, 0.2) is 48.5 Å². The van der Waals surface area contributed by atoms with Crippen LogP contribution in [0.5, 0.6) is 0 Å². The number of nitrogens with one attached hydrogen (secondary N) is 1. The predicted molar refractivity (Wildman–Crippen MR) is 91.5 cm³/mol. The minimum absolute atomic E-state index is 0.125. The van der Waals surface area contributed by atoms with Gasteiger partial charge in [0.1, 0.15) is 11.6 Å². The molecule has 0 aliphatic carbocycles. The Morgan fingerprint density at radius 3 is 2.29 bits per heavy atom. The molecule has 5 heteroatoms. The monoisotopic (exact) mass is 334 g/mol. The zero-order valence-electron chi connectivity index (χ0n) is 13.8. The van der Waals surface area contributed by atoms with Crippen molar-refractivity contribution in [3.8, 4) is 0 Å². The zero-order valence-corrected chi connectivity index (χ0v) is 13.8. The van der Waals surface area contributed by atoms with E-state index in [0.29, 0.717) is 12.1 Å². The van der Waals surface area contributed by atoms with Crippen LogP contribution in [0.3, 0.4) is 0 Å². The Bertz CT molecular complexity index is 616. The van der Waals surface area contributed by atoms with E-state index in [1.165, 1.54) is 12.1 Å². The highest BCUT2D eigenvalue weighted by Gasteiger charge is 2.18. The summed E-state index contributed by atoms with van der Waals surface area (Å²) in [5.41, 5.74) is 7.57. The van der Waals surface area contributed by atoms with E-state index in [-0.39, 0.29) is 12.5 Å². The van der Waals surface area contributed by atoms with E-state index in [4.69, 9.17) is 5.73 Å². The van der Waals surface area contributed by atoms with E-state index in [1.54, 1.807) is 0 Å². The molecule has 0 fully saturated rings. The first-order valence-electron chi connectivity index (χ1n) is 8.16. The van der Waals surface area contributed by atoms with Crippen LogP contribution in [-0.4, -0.2) is 23.8 Å². The number of rotatable bonds is 8. The number of aliphatic hydroxyl groups is 1. The third kappa shape index (κ3) is 5.37. The molecule has 0 bridgehead atoms. The van der Waals surface area contributed by atoms with E-state index in [2.05, 4.69) is 12.2 Å². The predicted octanol–water partition coefficient (Wildman–Crippen LogP) is 2.94. The maximum atomic E-state index is 13.2. The normalized spacial score (nSPS) is 15.0. The molecular weight excluding hydrogens is 310 g/mol. The maximum Gasteiger partial charge on any atom is 0.126 e. The molecule has 2 aromatic rings. The first-order chi connectivity index (χ1) is 11.5. The standard InChI is InChI=1S/C19H24F2N2O/c1-2-18(14-6-4-3-5-7-14)23-12-19(24)17(22)10-13-8-15(20)11-16(21)9-13/h3-9,11,17-19,23-24H,2,10,12,22H2,1H3/t17-,18?,19+/m0/s1. The molecule has 0 aliphatic rings. The highest BCUT2D eigenvalue weighted by Crippen LogP contribution is 2.16. The molecule has 24 heavy (non-hydrogen) atoms. The summed E-state index contributed by atoms with van der Waals surface area (Å²) in [6.07, 6.45) is 0.273. The lowest BCUT2D eigenvalue weighted by atomic mass is 10.0. The molecule has 3 nitrogen and oxygen atoms in total. The van der Waals surface area contributed by atoms with Gasteiger partial charge in [0.05, 0.1) is 6.10 Å². The Kier molecular flexibility index (Phi) is 6.85. The topological polar surface area (TPSA) is 58.3 Å². The molecule has 0 saturated heterocycles. The molecule has 130 valence electrons. The molecule has 2 rings (SSSR count). The second-order valence-corrected chi connectivity index (χ2v) is 5.99. The van der Waals surface area contributed by atoms with Gasteiger partial charge in [-0.1, -0.05) is 37.3 Å². The quantitative estimate of drug-likeness (QED) is 0.696. The number of hydrogen-bond acceptors (Lipinski definition) is 3. The van der Waals surface area contributed by atoms with Crippen LogP contribution in [0.2, 0.25) is 0 Å². The van der Waals surface area contributed by atoms with Gasteiger partial charge in [0.15, 0.2) is 0 Å². The van der Waals surface area contributed by atoms with Crippen molar-refractivity contribution in [1.29, 1.82) is 0 Å². The largest absolute Gasteiger partial charge is 0.390 e. The van der Waals surface area contributed by atoms with Gasteiger partial charge in [0.2, 0.25) is 0 Å². The van der Waals surface area contributed by atoms with Gasteiger partial charge in [-0.05, 0) is 36.1 Å². The summed E-state index contributed by atoms with van der Waals surface area (Å²) < 4.78 is 26.4. The van der Waals surface area contributed by atoms with Crippen molar-refractivity contribution in [3.63, 3.8) is 0 Å². The van der Waals surface area contributed by atoms with Crippen LogP contribution in [0.1, 0.15) is 30.5 Å². The Balaban J connectivity index is 1.90. The smallest absolute Gasteiger partial charge is 0.126 e. The number of nitrogens with two attached hydrogens (primary N) is 1.